The maximum Gasteiger partial charge on any atom is 0.357 e. The molecule has 4 aromatic rings. The van der Waals surface area contributed by atoms with Gasteiger partial charge in [-0.3, -0.25) is 0 Å². The summed E-state index contributed by atoms with van der Waals surface area (Å²) >= 11 is 0. The highest BCUT2D eigenvalue weighted by Crippen LogP contribution is 2.78. The van der Waals surface area contributed by atoms with Gasteiger partial charge in [-0.05, 0) is 0 Å². The molecule has 0 N–H and O–H groups in total. The van der Waals surface area contributed by atoms with Crippen LogP contribution >= 0.6 is 0 Å². The largest absolute Gasteiger partial charge is 0.357 e. The van der Waals surface area contributed by atoms with E-state index in [-0.39, 0.29) is 0 Å². The van der Waals surface area contributed by atoms with Gasteiger partial charge in [-0.1, -0.05) is 0 Å². The van der Waals surface area contributed by atoms with Crippen molar-refractivity contribution in [3.05, 3.63) is 138 Å². The van der Waals surface area contributed by atoms with Gasteiger partial charge in [-0.25, -0.2) is 87.8 Å². The molecule has 0 amide bonds. The summed E-state index contributed by atoms with van der Waals surface area (Å²) in [6.07, 6.45) is 0. The molecule has 0 saturated heterocycles. The molecule has 4 aliphatic carbocycles. The van der Waals surface area contributed by atoms with Crippen LogP contribution in [0.1, 0.15) is 44.5 Å². The molecule has 0 nitrogen and oxygen atoms in total. The molecule has 36 heteroatoms. The smallest absolute Gasteiger partial charge is 0.224 e. The van der Waals surface area contributed by atoms with Crippen LogP contribution in [0.5, 0.6) is 0 Å². The van der Waals surface area contributed by atoms with E-state index in [4.69, 9.17) is 0 Å². The van der Waals surface area contributed by atoms with Crippen LogP contribution in [-0.2, 0) is 28.1 Å². The second-order valence-corrected chi connectivity index (χ2v) is 16.0. The Morgan fingerprint density at radius 1 is 0.164 bits per heavy atom. The van der Waals surface area contributed by atoms with Gasteiger partial charge >= 0.3 is 47.4 Å². The molecule has 0 atom stereocenters. The van der Waals surface area contributed by atoms with Crippen LogP contribution in [0, 0.1) is 93.1 Å². The summed E-state index contributed by atoms with van der Waals surface area (Å²) in [5, 5.41) is 0. The third-order valence-corrected chi connectivity index (χ3v) is 12.7. The summed E-state index contributed by atoms with van der Waals surface area (Å²) in [5.41, 5.74) is -71.1. The predicted octanol–water partition coefficient (Wildman–Crippen LogP) is 14.1. The fraction of sp³-hybridized carbons (Fsp3) is 0.351. The molecule has 0 aliphatic heterocycles. The highest BCUT2D eigenvalue weighted by Gasteiger charge is 3.03. The highest BCUT2D eigenvalue weighted by atomic mass is 19.4. The Morgan fingerprint density at radius 2 is 0.260 bits per heavy atom. The molecule has 400 valence electrons. The maximum absolute atomic E-state index is 16.6. The zero-order valence-corrected chi connectivity index (χ0v) is 32.1. The third-order valence-electron chi connectivity index (χ3n) is 12.7. The average molecular weight is 1130 g/mol. The minimum absolute atomic E-state index is 4.32. The summed E-state index contributed by atoms with van der Waals surface area (Å²) in [6, 6.07) is 0. The minimum atomic E-state index is -7.59. The van der Waals surface area contributed by atoms with Crippen molar-refractivity contribution in [2.45, 2.75) is 75.5 Å². The Labute approximate surface area is 371 Å². The van der Waals surface area contributed by atoms with Crippen molar-refractivity contribution >= 4 is 0 Å². The summed E-state index contributed by atoms with van der Waals surface area (Å²) in [4.78, 5) is 0. The van der Waals surface area contributed by atoms with Crippen LogP contribution in [0.2, 0.25) is 0 Å². The van der Waals surface area contributed by atoms with Crippen molar-refractivity contribution in [2.24, 2.45) is 0 Å². The molecule has 0 unspecified atom stereocenters. The lowest BCUT2D eigenvalue weighted by molar-refractivity contribution is -0.0278. The molecule has 4 fully saturated rings. The summed E-state index contributed by atoms with van der Waals surface area (Å²) in [7, 11) is 0. The van der Waals surface area contributed by atoms with Crippen LogP contribution in [0.3, 0.4) is 0 Å². The molecule has 8 rings (SSSR count). The maximum atomic E-state index is 16.6. The van der Waals surface area contributed by atoms with Crippen LogP contribution in [0.4, 0.5) is 158 Å². The zero-order chi connectivity index (χ0) is 56.4. The van der Waals surface area contributed by atoms with E-state index < -0.39 is 213 Å². The first-order chi connectivity index (χ1) is 32.5. The van der Waals surface area contributed by atoms with E-state index in [1.165, 1.54) is 0 Å². The van der Waals surface area contributed by atoms with E-state index in [1.54, 1.807) is 0 Å². The lowest BCUT2D eigenvalue weighted by Gasteiger charge is -2.39. The third kappa shape index (κ3) is 4.84. The molecule has 0 aromatic heterocycles. The van der Waals surface area contributed by atoms with E-state index in [2.05, 4.69) is 0 Å². The molecule has 0 spiro atoms. The first-order valence-electron chi connectivity index (χ1n) is 17.8. The highest BCUT2D eigenvalue weighted by molar-refractivity contribution is 5.67. The number of hydrogen-bond acceptors (Lipinski definition) is 0. The molecular formula is C37F36. The first kappa shape index (κ1) is 53.6. The van der Waals surface area contributed by atoms with Crippen LogP contribution in [0.25, 0.3) is 0 Å². The molecule has 0 radical (unpaired) electrons. The fourth-order valence-electron chi connectivity index (χ4n) is 8.61. The predicted molar refractivity (Wildman–Crippen MR) is 155 cm³/mol. The topological polar surface area (TPSA) is 0 Å². The molecule has 4 aromatic carbocycles. The van der Waals surface area contributed by atoms with Crippen molar-refractivity contribution in [2.75, 3.05) is 0 Å². The Morgan fingerprint density at radius 3 is 0.342 bits per heavy atom. The molecule has 0 bridgehead atoms. The molecule has 4 aliphatic rings. The van der Waals surface area contributed by atoms with Gasteiger partial charge < -0.3 is 0 Å². The Balaban J connectivity index is 1.73. The number of halogens is 36. The van der Waals surface area contributed by atoms with Gasteiger partial charge in [0.2, 0.25) is 0 Å². The van der Waals surface area contributed by atoms with Gasteiger partial charge in [0.05, 0.1) is 27.7 Å². The van der Waals surface area contributed by atoms with Crippen molar-refractivity contribution in [3.63, 3.8) is 0 Å². The number of rotatable bonds is 8. The van der Waals surface area contributed by atoms with Crippen LogP contribution in [0.15, 0.2) is 0 Å². The molecule has 0 heterocycles. The molecular weight excluding hydrogens is 1130 g/mol. The van der Waals surface area contributed by atoms with Gasteiger partial charge in [-0.15, -0.1) is 0 Å². The van der Waals surface area contributed by atoms with Gasteiger partial charge in [-0.2, -0.15) is 70.2 Å². The summed E-state index contributed by atoms with van der Waals surface area (Å²) in [5.74, 6) is -131. The normalized spacial score (nSPS) is 23.8. The van der Waals surface area contributed by atoms with Gasteiger partial charge in [0, 0.05) is 22.3 Å². The van der Waals surface area contributed by atoms with Gasteiger partial charge in [0.1, 0.15) is 0 Å². The standard InChI is InChI=1S/C37F36/c38-9-1(10(39)18(47)5(17(9)46)26(54)30(58,59)31(26,60)61)25(2-11(40)19(48)6(20(49)12(2)41)27(55)32(62,63)33(27,64)65,3-13(42)21(50)7(22(51)14(3)43)28(56)34(66,67)35(28,68)69)4-15(44)23(52)8(24(53)16(4)45)29(57)36(70,71)37(29,72)73. The summed E-state index contributed by atoms with van der Waals surface area (Å²) in [6.45, 7) is 0. The van der Waals surface area contributed by atoms with Crippen molar-refractivity contribution in [1.82, 2.24) is 0 Å². The quantitative estimate of drug-likeness (QED) is 0.0937. The first-order valence-corrected chi connectivity index (χ1v) is 17.8. The SMILES string of the molecule is Fc1c(F)c(C2(F)C(F)(F)C2(F)F)c(F)c(F)c1C(c1c(F)c(F)c(C2(F)C(F)(F)C2(F)F)c(F)c1F)(c1c(F)c(F)c(C2(F)C(F)(F)C2(F)F)c(F)c1F)c1c(F)c(F)c(C2(F)C(F)(F)C2(F)F)c(F)c1F. The lowest BCUT2D eigenvalue weighted by Crippen LogP contribution is -2.43. The summed E-state index contributed by atoms with van der Waals surface area (Å²) < 4.78 is 546. The lowest BCUT2D eigenvalue weighted by atomic mass is 9.62. The Hall–Kier alpha value is -5.64. The minimum Gasteiger partial charge on any atom is -0.224 e. The van der Waals surface area contributed by atoms with Crippen molar-refractivity contribution < 1.29 is 158 Å². The molecule has 73 heavy (non-hydrogen) atoms. The van der Waals surface area contributed by atoms with Crippen LogP contribution < -0.4 is 0 Å². The second kappa shape index (κ2) is 13.6. The zero-order valence-electron chi connectivity index (χ0n) is 32.1. The van der Waals surface area contributed by atoms with E-state index in [1.807, 2.05) is 0 Å². The van der Waals surface area contributed by atoms with Crippen molar-refractivity contribution in [1.29, 1.82) is 0 Å². The Kier molecular flexibility index (Phi) is 10.00. The van der Waals surface area contributed by atoms with E-state index in [9.17, 15) is 70.2 Å². The Bertz CT molecular complexity index is 2630. The van der Waals surface area contributed by atoms with E-state index in [0.29, 0.717) is 0 Å². The number of alkyl halides is 20. The average Bonchev–Trinajstić information content (AvgIpc) is 3.99. The number of benzene rings is 4. The fourth-order valence-corrected chi connectivity index (χ4v) is 8.61. The van der Waals surface area contributed by atoms with Gasteiger partial charge in [0.15, 0.2) is 93.1 Å². The number of hydrogen-bond donors (Lipinski definition) is 0. The second-order valence-electron chi connectivity index (χ2n) is 16.0. The van der Waals surface area contributed by atoms with Crippen molar-refractivity contribution in [3.8, 4) is 0 Å². The van der Waals surface area contributed by atoms with Gasteiger partial charge in [0.25, 0.3) is 22.7 Å². The monoisotopic (exact) mass is 1130 g/mol. The van der Waals surface area contributed by atoms with E-state index >= 15 is 87.8 Å². The van der Waals surface area contributed by atoms with E-state index in [0.717, 1.165) is 0 Å². The van der Waals surface area contributed by atoms with Crippen LogP contribution in [-0.4, -0.2) is 47.4 Å². The molecule has 4 saturated carbocycles.